The van der Waals surface area contributed by atoms with Crippen LogP contribution in [0.4, 0.5) is 0 Å². The molecule has 0 fully saturated rings. The minimum atomic E-state index is -0.642. The molecule has 2 rings (SSSR count). The number of benzene rings is 1. The third-order valence-electron chi connectivity index (χ3n) is 2.77. The summed E-state index contributed by atoms with van der Waals surface area (Å²) in [6.07, 6.45) is 1.25. The number of rotatable bonds is 4. The number of carbonyl (C=O) groups excluding carboxylic acids is 1. The number of aromatic nitrogens is 2. The zero-order valence-electron chi connectivity index (χ0n) is 12.3. The van der Waals surface area contributed by atoms with Crippen molar-refractivity contribution >= 4 is 28.1 Å². The Labute approximate surface area is 139 Å². The molecule has 0 bridgehead atoms. The lowest BCUT2D eigenvalue weighted by atomic mass is 10.2. The highest BCUT2D eigenvalue weighted by molar-refractivity contribution is 9.10. The van der Waals surface area contributed by atoms with Crippen LogP contribution in [0, 0.1) is 6.92 Å². The van der Waals surface area contributed by atoms with Gasteiger partial charge in [-0.25, -0.2) is 10.2 Å². The number of aryl methyl sites for hydroxylation is 1. The van der Waals surface area contributed by atoms with Crippen LogP contribution >= 0.6 is 15.9 Å². The molecule has 120 valence electrons. The van der Waals surface area contributed by atoms with Crippen LogP contribution < -0.4 is 15.9 Å². The van der Waals surface area contributed by atoms with Crippen molar-refractivity contribution < 1.29 is 14.6 Å². The van der Waals surface area contributed by atoms with Gasteiger partial charge in [0.1, 0.15) is 5.69 Å². The van der Waals surface area contributed by atoms with Gasteiger partial charge < -0.3 is 14.8 Å². The minimum Gasteiger partial charge on any atom is -0.504 e. The molecular weight excluding hydrogens is 368 g/mol. The fraction of sp³-hybridized carbons (Fsp3) is 0.143. The molecular formula is C14H13BrN4O4. The number of hydrazone groups is 1. The molecule has 1 amide bonds. The predicted octanol–water partition coefficient (Wildman–Crippen LogP) is 1.32. The number of phenolic OH excluding ortho intramolecular Hbond substituents is 1. The number of hydrogen-bond donors (Lipinski definition) is 3. The Hall–Kier alpha value is -2.68. The largest absolute Gasteiger partial charge is 0.504 e. The van der Waals surface area contributed by atoms with Crippen molar-refractivity contribution in [3.63, 3.8) is 0 Å². The van der Waals surface area contributed by atoms with E-state index in [1.807, 2.05) is 0 Å². The number of methoxy groups -OCH3 is 1. The normalized spacial score (nSPS) is 10.7. The van der Waals surface area contributed by atoms with Crippen molar-refractivity contribution in [2.45, 2.75) is 6.92 Å². The number of aromatic amines is 1. The molecule has 0 aliphatic carbocycles. The number of nitrogens with one attached hydrogen (secondary N) is 2. The Balaban J connectivity index is 2.17. The molecule has 0 saturated heterocycles. The molecule has 8 nitrogen and oxygen atoms in total. The second-order valence-corrected chi connectivity index (χ2v) is 5.42. The Morgan fingerprint density at radius 1 is 1.48 bits per heavy atom. The number of nitrogens with zero attached hydrogens (tertiary/aromatic N) is 2. The van der Waals surface area contributed by atoms with Crippen molar-refractivity contribution in [1.29, 1.82) is 0 Å². The molecule has 0 spiro atoms. The molecule has 1 aromatic heterocycles. The summed E-state index contributed by atoms with van der Waals surface area (Å²) in [7, 11) is 1.42. The number of halogens is 1. The molecule has 0 unspecified atom stereocenters. The van der Waals surface area contributed by atoms with E-state index in [-0.39, 0.29) is 17.2 Å². The number of carbonyl (C=O) groups is 1. The number of ether oxygens (including phenoxy) is 1. The molecule has 0 aliphatic rings. The van der Waals surface area contributed by atoms with Gasteiger partial charge in [0.05, 0.1) is 13.3 Å². The van der Waals surface area contributed by atoms with Gasteiger partial charge in [0, 0.05) is 15.7 Å². The van der Waals surface area contributed by atoms with E-state index in [0.717, 1.165) is 0 Å². The van der Waals surface area contributed by atoms with E-state index < -0.39 is 11.6 Å². The average molecular weight is 381 g/mol. The monoisotopic (exact) mass is 380 g/mol. The van der Waals surface area contributed by atoms with Gasteiger partial charge in [-0.15, -0.1) is 0 Å². The second kappa shape index (κ2) is 7.05. The van der Waals surface area contributed by atoms with Crippen molar-refractivity contribution in [2.24, 2.45) is 5.10 Å². The third-order valence-corrected chi connectivity index (χ3v) is 3.23. The minimum absolute atomic E-state index is 0.0561. The van der Waals surface area contributed by atoms with Crippen LogP contribution in [0.15, 0.2) is 32.6 Å². The fourth-order valence-corrected chi connectivity index (χ4v) is 2.22. The van der Waals surface area contributed by atoms with Gasteiger partial charge in [0.25, 0.3) is 5.91 Å². The highest BCUT2D eigenvalue weighted by Crippen LogP contribution is 2.32. The maximum Gasteiger partial charge on any atom is 0.345 e. The summed E-state index contributed by atoms with van der Waals surface area (Å²) < 4.78 is 5.69. The van der Waals surface area contributed by atoms with E-state index in [1.165, 1.54) is 19.4 Å². The second-order valence-electron chi connectivity index (χ2n) is 4.50. The van der Waals surface area contributed by atoms with Gasteiger partial charge in [-0.05, 0) is 25.1 Å². The molecule has 0 saturated carbocycles. The summed E-state index contributed by atoms with van der Waals surface area (Å²) in [5.74, 6) is -0.491. The molecule has 23 heavy (non-hydrogen) atoms. The smallest absolute Gasteiger partial charge is 0.345 e. The lowest BCUT2D eigenvalue weighted by molar-refractivity contribution is 0.0949. The molecule has 0 atom stereocenters. The van der Waals surface area contributed by atoms with E-state index in [0.29, 0.717) is 15.7 Å². The Morgan fingerprint density at radius 2 is 2.22 bits per heavy atom. The summed E-state index contributed by atoms with van der Waals surface area (Å²) in [5.41, 5.74) is 2.41. The van der Waals surface area contributed by atoms with Gasteiger partial charge in [-0.1, -0.05) is 15.9 Å². The Bertz CT molecular complexity index is 832. The number of hydrogen-bond acceptors (Lipinski definition) is 6. The number of H-pyrrole nitrogens is 1. The van der Waals surface area contributed by atoms with Crippen LogP contribution in [0.25, 0.3) is 0 Å². The summed E-state index contributed by atoms with van der Waals surface area (Å²) in [5, 5.41) is 13.7. The summed E-state index contributed by atoms with van der Waals surface area (Å²) in [4.78, 5) is 29.1. The van der Waals surface area contributed by atoms with Gasteiger partial charge in [0.2, 0.25) is 0 Å². The van der Waals surface area contributed by atoms with Crippen LogP contribution in [0.1, 0.15) is 21.7 Å². The zero-order valence-corrected chi connectivity index (χ0v) is 13.8. The maximum absolute atomic E-state index is 11.9. The summed E-state index contributed by atoms with van der Waals surface area (Å²) in [6.45, 7) is 1.63. The van der Waals surface area contributed by atoms with E-state index in [4.69, 9.17) is 4.74 Å². The lowest BCUT2D eigenvalue weighted by Gasteiger charge is -2.06. The molecule has 9 heteroatoms. The van der Waals surface area contributed by atoms with Crippen molar-refractivity contribution in [2.75, 3.05) is 7.11 Å². The SMILES string of the molecule is COc1cc(Br)cc(/C=N/NC(=O)c2cc(C)[nH]c(=O)n2)c1O. The molecule has 1 heterocycles. The zero-order chi connectivity index (χ0) is 17.0. The van der Waals surface area contributed by atoms with E-state index >= 15 is 0 Å². The first-order valence-electron chi connectivity index (χ1n) is 6.38. The van der Waals surface area contributed by atoms with Crippen LogP contribution in [-0.4, -0.2) is 34.3 Å². The van der Waals surface area contributed by atoms with Gasteiger partial charge >= 0.3 is 5.69 Å². The standard InChI is InChI=1S/C14H13BrN4O4/c1-7-3-10(18-14(22)17-7)13(21)19-16-6-8-4-9(15)5-11(23-2)12(8)20/h3-6,20H,1-2H3,(H,19,21)(H,17,18,22)/b16-6+. The topological polar surface area (TPSA) is 117 Å². The van der Waals surface area contributed by atoms with Gasteiger partial charge in [0.15, 0.2) is 11.5 Å². The first kappa shape index (κ1) is 16.7. The predicted molar refractivity (Wildman–Crippen MR) is 87.0 cm³/mol. The van der Waals surface area contributed by atoms with Crippen molar-refractivity contribution in [3.8, 4) is 11.5 Å². The molecule has 2 aromatic rings. The van der Waals surface area contributed by atoms with E-state index in [2.05, 4.69) is 36.4 Å². The Kier molecular flexibility index (Phi) is 5.12. The van der Waals surface area contributed by atoms with Gasteiger partial charge in [-0.2, -0.15) is 10.1 Å². The number of aromatic hydroxyl groups is 1. The molecule has 0 aliphatic heterocycles. The Morgan fingerprint density at radius 3 is 2.87 bits per heavy atom. The van der Waals surface area contributed by atoms with Crippen LogP contribution in [0.3, 0.4) is 0 Å². The summed E-state index contributed by atoms with van der Waals surface area (Å²) in [6, 6.07) is 4.61. The fourth-order valence-electron chi connectivity index (χ4n) is 1.76. The first-order chi connectivity index (χ1) is 10.9. The summed E-state index contributed by atoms with van der Waals surface area (Å²) >= 11 is 3.27. The quantitative estimate of drug-likeness (QED) is 0.546. The highest BCUT2D eigenvalue weighted by atomic mass is 79.9. The lowest BCUT2D eigenvalue weighted by Crippen LogP contribution is -2.24. The van der Waals surface area contributed by atoms with Crippen LogP contribution in [0.2, 0.25) is 0 Å². The number of phenols is 1. The number of amides is 1. The van der Waals surface area contributed by atoms with Crippen molar-refractivity contribution in [1.82, 2.24) is 15.4 Å². The van der Waals surface area contributed by atoms with Crippen LogP contribution in [0.5, 0.6) is 11.5 Å². The van der Waals surface area contributed by atoms with Gasteiger partial charge in [-0.3, -0.25) is 4.79 Å². The molecule has 0 radical (unpaired) electrons. The van der Waals surface area contributed by atoms with E-state index in [9.17, 15) is 14.7 Å². The molecule has 3 N–H and O–H groups in total. The highest BCUT2D eigenvalue weighted by Gasteiger charge is 2.10. The van der Waals surface area contributed by atoms with E-state index in [1.54, 1.807) is 19.1 Å². The molecule has 1 aromatic carbocycles. The van der Waals surface area contributed by atoms with Crippen molar-refractivity contribution in [3.05, 3.63) is 50.1 Å². The van der Waals surface area contributed by atoms with Crippen LogP contribution in [-0.2, 0) is 0 Å². The first-order valence-corrected chi connectivity index (χ1v) is 7.18. The maximum atomic E-state index is 11.9. The third kappa shape index (κ3) is 4.16. The average Bonchev–Trinajstić information content (AvgIpc) is 2.49.